The highest BCUT2D eigenvalue weighted by Crippen LogP contribution is 2.24. The molecule has 1 rings (SSSR count). The van der Waals surface area contributed by atoms with Gasteiger partial charge in [0.2, 0.25) is 0 Å². The van der Waals surface area contributed by atoms with Crippen LogP contribution in [0.15, 0.2) is 18.2 Å². The van der Waals surface area contributed by atoms with Gasteiger partial charge in [0.15, 0.2) is 0 Å². The number of nitrogens with one attached hydrogen (secondary N) is 1. The van der Waals surface area contributed by atoms with Gasteiger partial charge in [0.25, 0.3) is 5.69 Å². The van der Waals surface area contributed by atoms with E-state index in [0.29, 0.717) is 15.4 Å². The Labute approximate surface area is 115 Å². The summed E-state index contributed by atoms with van der Waals surface area (Å²) in [6.07, 6.45) is 0. The highest BCUT2D eigenvalue weighted by Gasteiger charge is 2.12. The van der Waals surface area contributed by atoms with E-state index < -0.39 is 0 Å². The molecule has 1 aromatic rings. The first kappa shape index (κ1) is 14.2. The summed E-state index contributed by atoms with van der Waals surface area (Å²) in [6, 6.07) is 5.11. The highest BCUT2D eigenvalue weighted by molar-refractivity contribution is 14.1. The summed E-state index contributed by atoms with van der Waals surface area (Å²) in [5, 5.41) is 14.0. The van der Waals surface area contributed by atoms with E-state index in [0.717, 1.165) is 12.2 Å². The molecule has 4 nitrogen and oxygen atoms in total. The van der Waals surface area contributed by atoms with Gasteiger partial charge in [-0.05, 0) is 46.6 Å². The van der Waals surface area contributed by atoms with Gasteiger partial charge in [0.1, 0.15) is 0 Å². The summed E-state index contributed by atoms with van der Waals surface area (Å²) in [6.45, 7) is 7.44. The molecule has 0 fully saturated rings. The van der Waals surface area contributed by atoms with Gasteiger partial charge >= 0.3 is 0 Å². The van der Waals surface area contributed by atoms with Crippen molar-refractivity contribution in [1.29, 1.82) is 0 Å². The van der Waals surface area contributed by atoms with Crippen molar-refractivity contribution < 1.29 is 4.92 Å². The van der Waals surface area contributed by atoms with Crippen LogP contribution in [-0.2, 0) is 0 Å². The molecule has 94 valence electrons. The molecule has 0 aliphatic carbocycles. The monoisotopic (exact) mass is 348 g/mol. The molecule has 5 heteroatoms. The zero-order valence-corrected chi connectivity index (χ0v) is 12.4. The fourth-order valence-corrected chi connectivity index (χ4v) is 1.99. The van der Waals surface area contributed by atoms with Crippen molar-refractivity contribution in [2.75, 3.05) is 11.9 Å². The first-order chi connectivity index (χ1) is 7.91. The van der Waals surface area contributed by atoms with Crippen LogP contribution in [0.2, 0.25) is 0 Å². The standard InChI is InChI=1S/C12H17IN2O2/c1-8(2)9(3)7-14-10-4-5-12(15(16)17)11(13)6-10/h4-6,8-9,14H,7H2,1-3H3. The quantitative estimate of drug-likeness (QED) is 0.499. The number of hydrogen-bond acceptors (Lipinski definition) is 3. The largest absolute Gasteiger partial charge is 0.385 e. The van der Waals surface area contributed by atoms with Crippen LogP contribution in [0.4, 0.5) is 11.4 Å². The Morgan fingerprint density at radius 2 is 2.06 bits per heavy atom. The molecule has 1 atom stereocenters. The van der Waals surface area contributed by atoms with Gasteiger partial charge in [-0.3, -0.25) is 10.1 Å². The van der Waals surface area contributed by atoms with Crippen LogP contribution in [0.1, 0.15) is 20.8 Å². The number of halogens is 1. The fraction of sp³-hybridized carbons (Fsp3) is 0.500. The predicted octanol–water partition coefficient (Wildman–Crippen LogP) is 3.90. The Kier molecular flexibility index (Phi) is 5.17. The number of nitro benzene ring substituents is 1. The normalized spacial score (nSPS) is 12.5. The molecular weight excluding hydrogens is 331 g/mol. The van der Waals surface area contributed by atoms with Crippen molar-refractivity contribution in [3.8, 4) is 0 Å². The second-order valence-corrected chi connectivity index (χ2v) is 5.69. The van der Waals surface area contributed by atoms with E-state index in [-0.39, 0.29) is 10.6 Å². The van der Waals surface area contributed by atoms with Gasteiger partial charge in [0.05, 0.1) is 8.49 Å². The number of hydrogen-bond donors (Lipinski definition) is 1. The summed E-state index contributed by atoms with van der Waals surface area (Å²) in [5.74, 6) is 1.20. The van der Waals surface area contributed by atoms with Crippen molar-refractivity contribution in [2.24, 2.45) is 11.8 Å². The number of nitro groups is 1. The number of rotatable bonds is 5. The highest BCUT2D eigenvalue weighted by atomic mass is 127. The minimum atomic E-state index is -0.359. The molecule has 17 heavy (non-hydrogen) atoms. The topological polar surface area (TPSA) is 55.2 Å². The van der Waals surface area contributed by atoms with Crippen LogP contribution in [0, 0.1) is 25.5 Å². The number of benzene rings is 1. The van der Waals surface area contributed by atoms with Crippen LogP contribution in [-0.4, -0.2) is 11.5 Å². The van der Waals surface area contributed by atoms with Crippen molar-refractivity contribution in [1.82, 2.24) is 0 Å². The Bertz CT molecular complexity index is 407. The van der Waals surface area contributed by atoms with Gasteiger partial charge in [-0.25, -0.2) is 0 Å². The van der Waals surface area contributed by atoms with Gasteiger partial charge in [-0.15, -0.1) is 0 Å². The molecule has 0 aliphatic heterocycles. The van der Waals surface area contributed by atoms with E-state index in [1.807, 2.05) is 28.7 Å². The summed E-state index contributed by atoms with van der Waals surface area (Å²) in [4.78, 5) is 10.3. The van der Waals surface area contributed by atoms with E-state index in [4.69, 9.17) is 0 Å². The molecule has 1 aromatic carbocycles. The number of anilines is 1. The molecule has 0 spiro atoms. The fourth-order valence-electron chi connectivity index (χ4n) is 1.28. The molecule has 0 bridgehead atoms. The van der Waals surface area contributed by atoms with Crippen LogP contribution in [0.5, 0.6) is 0 Å². The zero-order valence-electron chi connectivity index (χ0n) is 10.2. The summed E-state index contributed by atoms with van der Waals surface area (Å²) in [7, 11) is 0. The molecule has 1 N–H and O–H groups in total. The second-order valence-electron chi connectivity index (χ2n) is 4.53. The molecule has 0 radical (unpaired) electrons. The second kappa shape index (κ2) is 6.18. The maximum absolute atomic E-state index is 10.7. The van der Waals surface area contributed by atoms with Crippen molar-refractivity contribution in [3.05, 3.63) is 31.9 Å². The minimum absolute atomic E-state index is 0.160. The van der Waals surface area contributed by atoms with E-state index >= 15 is 0 Å². The third-order valence-electron chi connectivity index (χ3n) is 2.91. The van der Waals surface area contributed by atoms with Gasteiger partial charge < -0.3 is 5.32 Å². The lowest BCUT2D eigenvalue weighted by Crippen LogP contribution is -2.16. The SMILES string of the molecule is CC(C)C(C)CNc1ccc([N+](=O)[O-])c(I)c1. The summed E-state index contributed by atoms with van der Waals surface area (Å²) < 4.78 is 0.662. The van der Waals surface area contributed by atoms with Crippen LogP contribution in [0.3, 0.4) is 0 Å². The van der Waals surface area contributed by atoms with Gasteiger partial charge in [0, 0.05) is 18.3 Å². The molecule has 0 saturated heterocycles. The van der Waals surface area contributed by atoms with Gasteiger partial charge in [-0.2, -0.15) is 0 Å². The van der Waals surface area contributed by atoms with E-state index in [1.165, 1.54) is 0 Å². The zero-order chi connectivity index (χ0) is 13.0. The molecule has 0 aromatic heterocycles. The molecule has 0 aliphatic rings. The molecular formula is C12H17IN2O2. The maximum atomic E-state index is 10.7. The molecule has 1 unspecified atom stereocenters. The third kappa shape index (κ3) is 4.14. The van der Waals surface area contributed by atoms with Crippen molar-refractivity contribution in [2.45, 2.75) is 20.8 Å². The summed E-state index contributed by atoms with van der Waals surface area (Å²) in [5.41, 5.74) is 1.10. The van der Waals surface area contributed by atoms with Gasteiger partial charge in [-0.1, -0.05) is 20.8 Å². The predicted molar refractivity (Wildman–Crippen MR) is 78.3 cm³/mol. The van der Waals surface area contributed by atoms with E-state index in [1.54, 1.807) is 12.1 Å². The lowest BCUT2D eigenvalue weighted by molar-refractivity contribution is -0.385. The van der Waals surface area contributed by atoms with Crippen LogP contribution >= 0.6 is 22.6 Å². The average molecular weight is 348 g/mol. The van der Waals surface area contributed by atoms with Crippen LogP contribution in [0.25, 0.3) is 0 Å². The lowest BCUT2D eigenvalue weighted by atomic mass is 9.98. The smallest absolute Gasteiger partial charge is 0.282 e. The Balaban J connectivity index is 2.68. The van der Waals surface area contributed by atoms with E-state index in [2.05, 4.69) is 26.1 Å². The molecule has 0 amide bonds. The van der Waals surface area contributed by atoms with E-state index in [9.17, 15) is 10.1 Å². The molecule has 0 saturated carbocycles. The lowest BCUT2D eigenvalue weighted by Gasteiger charge is -2.16. The first-order valence-corrected chi connectivity index (χ1v) is 6.67. The molecule has 0 heterocycles. The Morgan fingerprint density at radius 3 is 2.53 bits per heavy atom. The Hall–Kier alpha value is -0.850. The first-order valence-electron chi connectivity index (χ1n) is 5.59. The average Bonchev–Trinajstić information content (AvgIpc) is 2.25. The van der Waals surface area contributed by atoms with Crippen LogP contribution < -0.4 is 5.32 Å². The summed E-state index contributed by atoms with van der Waals surface area (Å²) >= 11 is 1.99. The third-order valence-corrected chi connectivity index (χ3v) is 3.77. The Morgan fingerprint density at radius 1 is 1.41 bits per heavy atom. The maximum Gasteiger partial charge on any atom is 0.282 e. The minimum Gasteiger partial charge on any atom is -0.385 e. The van der Waals surface area contributed by atoms with Crippen molar-refractivity contribution in [3.63, 3.8) is 0 Å². The number of nitrogens with zero attached hydrogens (tertiary/aromatic N) is 1. The van der Waals surface area contributed by atoms with Crippen molar-refractivity contribution >= 4 is 34.0 Å².